The molecule has 5 heteroatoms. The quantitative estimate of drug-likeness (QED) is 0.885. The van der Waals surface area contributed by atoms with Gasteiger partial charge in [0.25, 0.3) is 0 Å². The van der Waals surface area contributed by atoms with Gasteiger partial charge >= 0.3 is 0 Å². The van der Waals surface area contributed by atoms with Gasteiger partial charge in [0.15, 0.2) is 0 Å². The number of halogens is 1. The van der Waals surface area contributed by atoms with E-state index in [1.807, 2.05) is 24.3 Å². The monoisotopic (exact) mass is 270 g/mol. The highest BCUT2D eigenvalue weighted by Crippen LogP contribution is 2.25. The summed E-state index contributed by atoms with van der Waals surface area (Å²) in [6.45, 7) is 0. The van der Waals surface area contributed by atoms with Crippen LogP contribution in [-0.4, -0.2) is 19.1 Å². The highest BCUT2D eigenvalue weighted by Gasteiger charge is 2.27. The van der Waals surface area contributed by atoms with Crippen molar-refractivity contribution in [3.63, 3.8) is 0 Å². The number of hydrogen-bond acceptors (Lipinski definition) is 3. The zero-order chi connectivity index (χ0) is 12.3. The first-order valence-corrected chi connectivity index (χ1v) is 5.89. The lowest BCUT2D eigenvalue weighted by molar-refractivity contribution is -0.119. The topological polar surface area (TPSA) is 64.3 Å². The average Bonchev–Trinajstić information content (AvgIpc) is 2.77. The first-order chi connectivity index (χ1) is 8.19. The number of amides is 1. The molecule has 18 heavy (non-hydrogen) atoms. The highest BCUT2D eigenvalue weighted by atomic mass is 35.5. The van der Waals surface area contributed by atoms with Crippen LogP contribution in [0.4, 0.5) is 5.69 Å². The summed E-state index contributed by atoms with van der Waals surface area (Å²) in [6.07, 6.45) is 2.63. The van der Waals surface area contributed by atoms with E-state index >= 15 is 0 Å². The number of ether oxygens (including phenoxy) is 1. The number of nitrogens with two attached hydrogens (primary N) is 1. The number of rotatable bonds is 3. The van der Waals surface area contributed by atoms with Crippen LogP contribution in [0.3, 0.4) is 0 Å². The standard InChI is InChI=1S/C13H18N2O2.ClH/c1-17-12-6-4-11(5-7-12)15-13(16)9-2-3-10(14)8-9;/h4-7,9-10H,2-3,8,14H2,1H3,(H,15,16);1H. The molecule has 1 aromatic carbocycles. The first-order valence-electron chi connectivity index (χ1n) is 5.89. The van der Waals surface area contributed by atoms with Crippen molar-refractivity contribution in [3.8, 4) is 5.75 Å². The van der Waals surface area contributed by atoms with E-state index in [1.54, 1.807) is 7.11 Å². The summed E-state index contributed by atoms with van der Waals surface area (Å²) in [5.74, 6) is 0.918. The van der Waals surface area contributed by atoms with E-state index in [9.17, 15) is 4.79 Å². The molecule has 0 heterocycles. The van der Waals surface area contributed by atoms with Crippen molar-refractivity contribution < 1.29 is 9.53 Å². The van der Waals surface area contributed by atoms with E-state index in [1.165, 1.54) is 0 Å². The Kier molecular flexibility index (Phi) is 5.44. The van der Waals surface area contributed by atoms with Gasteiger partial charge in [-0.05, 0) is 43.5 Å². The van der Waals surface area contributed by atoms with E-state index in [2.05, 4.69) is 5.32 Å². The minimum atomic E-state index is 0. The Morgan fingerprint density at radius 3 is 2.50 bits per heavy atom. The number of carbonyl (C=O) groups is 1. The molecular formula is C13H19ClN2O2. The Morgan fingerprint density at radius 2 is 2.00 bits per heavy atom. The second kappa shape index (κ2) is 6.61. The van der Waals surface area contributed by atoms with E-state index in [-0.39, 0.29) is 30.3 Å². The molecule has 0 radical (unpaired) electrons. The largest absolute Gasteiger partial charge is 0.497 e. The van der Waals surface area contributed by atoms with Crippen LogP contribution in [0.5, 0.6) is 5.75 Å². The number of hydrogen-bond donors (Lipinski definition) is 2. The van der Waals surface area contributed by atoms with Crippen LogP contribution in [0.15, 0.2) is 24.3 Å². The molecule has 0 spiro atoms. The molecule has 1 fully saturated rings. The van der Waals surface area contributed by atoms with Crippen molar-refractivity contribution in [2.24, 2.45) is 11.7 Å². The van der Waals surface area contributed by atoms with Gasteiger partial charge in [0.05, 0.1) is 7.11 Å². The lowest BCUT2D eigenvalue weighted by Gasteiger charge is -2.11. The number of nitrogens with one attached hydrogen (secondary N) is 1. The molecular weight excluding hydrogens is 252 g/mol. The lowest BCUT2D eigenvalue weighted by atomic mass is 10.1. The van der Waals surface area contributed by atoms with Gasteiger partial charge in [0.2, 0.25) is 5.91 Å². The van der Waals surface area contributed by atoms with Crippen LogP contribution in [0, 0.1) is 5.92 Å². The molecule has 4 nitrogen and oxygen atoms in total. The predicted molar refractivity (Wildman–Crippen MR) is 74.2 cm³/mol. The van der Waals surface area contributed by atoms with Gasteiger partial charge in [-0.25, -0.2) is 0 Å². The molecule has 2 rings (SSSR count). The third-order valence-electron chi connectivity index (χ3n) is 3.20. The average molecular weight is 271 g/mol. The fraction of sp³-hybridized carbons (Fsp3) is 0.462. The fourth-order valence-electron chi connectivity index (χ4n) is 2.17. The van der Waals surface area contributed by atoms with Crippen LogP contribution in [-0.2, 0) is 4.79 Å². The van der Waals surface area contributed by atoms with E-state index in [0.717, 1.165) is 30.7 Å². The molecule has 1 aliphatic carbocycles. The maximum Gasteiger partial charge on any atom is 0.227 e. The fourth-order valence-corrected chi connectivity index (χ4v) is 2.17. The van der Waals surface area contributed by atoms with Gasteiger partial charge in [-0.3, -0.25) is 4.79 Å². The smallest absolute Gasteiger partial charge is 0.227 e. The molecule has 0 bridgehead atoms. The van der Waals surface area contributed by atoms with Crippen molar-refractivity contribution in [2.75, 3.05) is 12.4 Å². The molecule has 3 N–H and O–H groups in total. The van der Waals surface area contributed by atoms with Crippen LogP contribution >= 0.6 is 12.4 Å². The summed E-state index contributed by atoms with van der Waals surface area (Å²) in [5.41, 5.74) is 6.60. The normalized spacial score (nSPS) is 22.1. The second-order valence-corrected chi connectivity index (χ2v) is 4.49. The Bertz CT molecular complexity index is 394. The molecule has 0 saturated heterocycles. The van der Waals surface area contributed by atoms with Gasteiger partial charge < -0.3 is 15.8 Å². The summed E-state index contributed by atoms with van der Waals surface area (Å²) in [5, 5.41) is 2.91. The number of methoxy groups -OCH3 is 1. The Hall–Kier alpha value is -1.26. The maximum atomic E-state index is 11.9. The molecule has 2 unspecified atom stereocenters. The lowest BCUT2D eigenvalue weighted by Crippen LogP contribution is -2.23. The van der Waals surface area contributed by atoms with Gasteiger partial charge in [-0.1, -0.05) is 0 Å². The van der Waals surface area contributed by atoms with Crippen molar-refractivity contribution in [1.29, 1.82) is 0 Å². The minimum Gasteiger partial charge on any atom is -0.497 e. The Labute approximate surface area is 113 Å². The molecule has 1 amide bonds. The summed E-state index contributed by atoms with van der Waals surface area (Å²) < 4.78 is 5.06. The molecule has 100 valence electrons. The van der Waals surface area contributed by atoms with Crippen LogP contribution < -0.4 is 15.8 Å². The van der Waals surface area contributed by atoms with Crippen molar-refractivity contribution in [3.05, 3.63) is 24.3 Å². The first kappa shape index (κ1) is 14.8. The minimum absolute atomic E-state index is 0. The number of carbonyl (C=O) groups excluding carboxylic acids is 1. The zero-order valence-corrected chi connectivity index (χ0v) is 11.2. The van der Waals surface area contributed by atoms with Gasteiger partial charge in [0, 0.05) is 17.6 Å². The summed E-state index contributed by atoms with van der Waals surface area (Å²) >= 11 is 0. The maximum absolute atomic E-state index is 11.9. The zero-order valence-electron chi connectivity index (χ0n) is 10.4. The molecule has 1 aliphatic rings. The SMILES string of the molecule is COc1ccc(NC(=O)C2CCC(N)C2)cc1.Cl. The molecule has 0 aromatic heterocycles. The summed E-state index contributed by atoms with van der Waals surface area (Å²) in [6, 6.07) is 7.52. The van der Waals surface area contributed by atoms with Crippen LogP contribution in [0.2, 0.25) is 0 Å². The van der Waals surface area contributed by atoms with E-state index in [0.29, 0.717) is 0 Å². The predicted octanol–water partition coefficient (Wildman–Crippen LogP) is 2.18. The molecule has 2 atom stereocenters. The van der Waals surface area contributed by atoms with Crippen molar-refractivity contribution in [1.82, 2.24) is 0 Å². The van der Waals surface area contributed by atoms with E-state index in [4.69, 9.17) is 10.5 Å². The van der Waals surface area contributed by atoms with Crippen molar-refractivity contribution >= 4 is 24.0 Å². The van der Waals surface area contributed by atoms with Gasteiger partial charge in [-0.15, -0.1) is 12.4 Å². The molecule has 0 aliphatic heterocycles. The van der Waals surface area contributed by atoms with E-state index < -0.39 is 0 Å². The summed E-state index contributed by atoms with van der Waals surface area (Å²) in [7, 11) is 1.62. The van der Waals surface area contributed by atoms with Crippen LogP contribution in [0.1, 0.15) is 19.3 Å². The third kappa shape index (κ3) is 3.62. The summed E-state index contributed by atoms with van der Waals surface area (Å²) in [4.78, 5) is 11.9. The number of benzene rings is 1. The Morgan fingerprint density at radius 1 is 1.33 bits per heavy atom. The van der Waals surface area contributed by atoms with Crippen LogP contribution in [0.25, 0.3) is 0 Å². The van der Waals surface area contributed by atoms with Crippen molar-refractivity contribution in [2.45, 2.75) is 25.3 Å². The highest BCUT2D eigenvalue weighted by molar-refractivity contribution is 5.92. The molecule has 1 saturated carbocycles. The molecule has 1 aromatic rings. The van der Waals surface area contributed by atoms with Gasteiger partial charge in [-0.2, -0.15) is 0 Å². The Balaban J connectivity index is 0.00000162. The third-order valence-corrected chi connectivity index (χ3v) is 3.20. The van der Waals surface area contributed by atoms with Gasteiger partial charge in [0.1, 0.15) is 5.75 Å². The number of anilines is 1. The second-order valence-electron chi connectivity index (χ2n) is 4.49.